The summed E-state index contributed by atoms with van der Waals surface area (Å²) in [6.07, 6.45) is 22.3. The van der Waals surface area contributed by atoms with Crippen LogP contribution in [0.4, 0.5) is 0 Å². The molecule has 0 saturated heterocycles. The molecule has 5 nitrogen and oxygen atoms in total. The first-order valence-electron chi connectivity index (χ1n) is 22.5. The van der Waals surface area contributed by atoms with Crippen molar-refractivity contribution in [1.82, 2.24) is 13.3 Å². The van der Waals surface area contributed by atoms with Gasteiger partial charge >= 0.3 is 0 Å². The van der Waals surface area contributed by atoms with Gasteiger partial charge in [-0.25, -0.2) is 0 Å². The highest BCUT2D eigenvalue weighted by atomic mass is 32.1. The van der Waals surface area contributed by atoms with Crippen LogP contribution in [0.25, 0.3) is 64.2 Å². The van der Waals surface area contributed by atoms with Crippen LogP contribution in [-0.2, 0) is 6.54 Å². The van der Waals surface area contributed by atoms with Crippen molar-refractivity contribution in [2.24, 2.45) is 0 Å². The number of rotatable bonds is 26. The largest absolute Gasteiger partial charge is 0.489 e. The summed E-state index contributed by atoms with van der Waals surface area (Å²) in [6, 6.07) is 24.8. The minimum Gasteiger partial charge on any atom is -0.489 e. The minimum atomic E-state index is 0.650. The average Bonchev–Trinajstić information content (AvgIpc) is 4.09. The van der Waals surface area contributed by atoms with Crippen LogP contribution >= 0.6 is 34.4 Å². The highest BCUT2D eigenvalue weighted by molar-refractivity contribution is 7.19. The number of benzene rings is 3. The molecule has 0 aliphatic heterocycles. The van der Waals surface area contributed by atoms with Crippen LogP contribution in [0.5, 0.6) is 11.5 Å². The molecule has 4 aromatic heterocycles. The quantitative estimate of drug-likeness (QED) is 0.0510. The van der Waals surface area contributed by atoms with Crippen LogP contribution in [0.3, 0.4) is 0 Å². The maximum atomic E-state index is 6.97. The van der Waals surface area contributed by atoms with Gasteiger partial charge in [-0.1, -0.05) is 153 Å². The van der Waals surface area contributed by atoms with E-state index in [0.29, 0.717) is 13.2 Å². The van der Waals surface area contributed by atoms with Gasteiger partial charge in [0.2, 0.25) is 0 Å². The average molecular weight is 834 g/mol. The zero-order chi connectivity index (χ0) is 39.9. The molecule has 3 aromatic carbocycles. The zero-order valence-corrected chi connectivity index (χ0v) is 37.6. The van der Waals surface area contributed by atoms with E-state index in [1.165, 1.54) is 147 Å². The second-order valence-electron chi connectivity index (χ2n) is 15.9. The molecule has 0 saturated carbocycles. The normalized spacial score (nSPS) is 11.8. The van der Waals surface area contributed by atoms with Crippen LogP contribution in [0, 0.1) is 0 Å². The highest BCUT2D eigenvalue weighted by Gasteiger charge is 2.28. The third-order valence-corrected chi connectivity index (χ3v) is 14.1. The van der Waals surface area contributed by atoms with Crippen LogP contribution in [0.2, 0.25) is 0 Å². The Labute approximate surface area is 359 Å². The van der Waals surface area contributed by atoms with Gasteiger partial charge in [-0.3, -0.25) is 0 Å². The van der Waals surface area contributed by atoms with Crippen LogP contribution in [0.15, 0.2) is 72.1 Å². The number of thiophene rings is 2. The first-order valence-corrected chi connectivity index (χ1v) is 24.9. The summed E-state index contributed by atoms with van der Waals surface area (Å²) in [7, 11) is 0. The Kier molecular flexibility index (Phi) is 16.1. The van der Waals surface area contributed by atoms with Crippen LogP contribution in [0.1, 0.15) is 136 Å². The number of unbranched alkanes of at least 4 members (excludes halogenated alkanes) is 15. The van der Waals surface area contributed by atoms with E-state index in [2.05, 4.69) is 97.4 Å². The van der Waals surface area contributed by atoms with Crippen molar-refractivity contribution >= 4 is 67.2 Å². The number of nitrogens with zero attached hydrogens (tertiary/aromatic N) is 3. The molecule has 8 heteroatoms. The van der Waals surface area contributed by atoms with Gasteiger partial charge in [0.1, 0.15) is 11.0 Å². The van der Waals surface area contributed by atoms with Crippen molar-refractivity contribution < 1.29 is 9.47 Å². The van der Waals surface area contributed by atoms with Crippen LogP contribution in [-0.4, -0.2) is 26.5 Å². The Balaban J connectivity index is 1.25. The molecule has 0 spiro atoms. The Morgan fingerprint density at radius 3 is 1.72 bits per heavy atom. The second kappa shape index (κ2) is 22.0. The van der Waals surface area contributed by atoms with Gasteiger partial charge in [0, 0.05) is 43.0 Å². The summed E-state index contributed by atoms with van der Waals surface area (Å²) in [5, 5.41) is 4.81. The van der Waals surface area contributed by atoms with Gasteiger partial charge in [0.15, 0.2) is 11.5 Å². The summed E-state index contributed by atoms with van der Waals surface area (Å²) >= 11 is 4.83. The van der Waals surface area contributed by atoms with Gasteiger partial charge in [0.25, 0.3) is 0 Å². The molecule has 308 valence electrons. The Hall–Kier alpha value is -3.72. The summed E-state index contributed by atoms with van der Waals surface area (Å²) < 4.78 is 26.4. The first kappa shape index (κ1) is 42.4. The lowest BCUT2D eigenvalue weighted by Crippen LogP contribution is -2.06. The molecule has 7 aromatic rings. The van der Waals surface area contributed by atoms with E-state index in [-0.39, 0.29) is 0 Å². The lowest BCUT2D eigenvalue weighted by molar-refractivity contribution is 0.260. The monoisotopic (exact) mass is 833 g/mol. The Morgan fingerprint density at radius 1 is 0.517 bits per heavy atom. The third kappa shape index (κ3) is 10.2. The van der Waals surface area contributed by atoms with Crippen molar-refractivity contribution in [3.8, 4) is 42.8 Å². The number of ether oxygens (including phenoxy) is 2. The Bertz CT molecular complexity index is 2300. The highest BCUT2D eigenvalue weighted by Crippen LogP contribution is 2.53. The molecule has 7 rings (SSSR count). The van der Waals surface area contributed by atoms with E-state index in [4.69, 9.17) is 18.2 Å². The lowest BCUT2D eigenvalue weighted by atomic mass is 10.0. The van der Waals surface area contributed by atoms with Crippen molar-refractivity contribution in [3.05, 3.63) is 72.1 Å². The van der Waals surface area contributed by atoms with Crippen molar-refractivity contribution in [3.63, 3.8) is 0 Å². The fraction of sp³-hybridized carbons (Fsp3) is 0.480. The summed E-state index contributed by atoms with van der Waals surface area (Å²) in [5.74, 6) is 1.65. The molecular weight excluding hydrogens is 771 g/mol. The molecule has 0 fully saturated rings. The summed E-state index contributed by atoms with van der Waals surface area (Å²) in [5.41, 5.74) is 7.74. The van der Waals surface area contributed by atoms with E-state index in [9.17, 15) is 0 Å². The first-order chi connectivity index (χ1) is 28.7. The van der Waals surface area contributed by atoms with Gasteiger partial charge in [0.05, 0.1) is 36.1 Å². The SMILES string of the molecule is CCCCCCCCOc1c(OCCCCCCCC)c(-c2ccc(-c3ccc4c5ccccc5n(CCCCCCCC)c4c3)s2)c2nsnc2c1-c1cccs1. The smallest absolute Gasteiger partial charge is 0.172 e. The maximum absolute atomic E-state index is 6.97. The van der Waals surface area contributed by atoms with E-state index >= 15 is 0 Å². The Morgan fingerprint density at radius 2 is 1.09 bits per heavy atom. The number of fused-ring (bicyclic) bond motifs is 4. The van der Waals surface area contributed by atoms with E-state index in [1.807, 2.05) is 11.3 Å². The fourth-order valence-corrected chi connectivity index (χ4v) is 10.7. The van der Waals surface area contributed by atoms with Crippen LogP contribution < -0.4 is 9.47 Å². The van der Waals surface area contributed by atoms with Crippen molar-refractivity contribution in [2.45, 2.75) is 143 Å². The number of aromatic nitrogens is 3. The molecule has 0 N–H and O–H groups in total. The summed E-state index contributed by atoms with van der Waals surface area (Å²) in [4.78, 5) is 3.52. The van der Waals surface area contributed by atoms with E-state index in [0.717, 1.165) is 62.8 Å². The molecule has 0 unspecified atom stereocenters. The fourth-order valence-electron chi connectivity index (χ4n) is 8.35. The van der Waals surface area contributed by atoms with Crippen molar-refractivity contribution in [2.75, 3.05) is 13.2 Å². The summed E-state index contributed by atoms with van der Waals surface area (Å²) in [6.45, 7) is 9.19. The van der Waals surface area contributed by atoms with Gasteiger partial charge < -0.3 is 14.0 Å². The van der Waals surface area contributed by atoms with E-state index in [1.54, 1.807) is 11.3 Å². The molecule has 4 heterocycles. The molecule has 0 bridgehead atoms. The molecule has 0 aliphatic rings. The number of hydrogen-bond donors (Lipinski definition) is 0. The van der Waals surface area contributed by atoms with E-state index < -0.39 is 0 Å². The lowest BCUT2D eigenvalue weighted by Gasteiger charge is -2.20. The maximum Gasteiger partial charge on any atom is 0.172 e. The van der Waals surface area contributed by atoms with Gasteiger partial charge in [-0.15, -0.1) is 22.7 Å². The van der Waals surface area contributed by atoms with Crippen molar-refractivity contribution in [1.29, 1.82) is 0 Å². The minimum absolute atomic E-state index is 0.650. The molecular formula is C50H63N3O2S3. The third-order valence-electron chi connectivity index (χ3n) is 11.5. The second-order valence-corrected chi connectivity index (χ2v) is 18.5. The predicted octanol–water partition coefficient (Wildman–Crippen LogP) is 16.8. The predicted molar refractivity (Wildman–Crippen MR) is 254 cm³/mol. The zero-order valence-electron chi connectivity index (χ0n) is 35.2. The molecule has 0 atom stereocenters. The molecule has 0 radical (unpaired) electrons. The standard InChI is InChI=1S/C50H63N3O2S3/c1-4-7-10-13-16-21-32-53-40-26-20-19-25-38(40)39-29-28-37(36-41(39)53)42-30-31-44(57-42)46-48-47(51-58-52-48)45(43-27-24-35-56-43)49(54-33-22-17-14-11-8-5-2)50(46)55-34-23-18-15-12-9-6-3/h19-20,24-31,35-36H,4-18,21-23,32-34H2,1-3H3. The van der Waals surface area contributed by atoms with Gasteiger partial charge in [-0.2, -0.15) is 8.75 Å². The molecule has 0 aliphatic carbocycles. The number of aryl methyl sites for hydroxylation is 1. The number of para-hydroxylation sites is 1. The van der Waals surface area contributed by atoms with Gasteiger partial charge in [-0.05, 0) is 60.5 Å². The molecule has 0 amide bonds. The molecule has 58 heavy (non-hydrogen) atoms. The number of hydrogen-bond acceptors (Lipinski definition) is 7. The topological polar surface area (TPSA) is 49.2 Å².